The van der Waals surface area contributed by atoms with E-state index in [4.69, 9.17) is 23.2 Å². The molecule has 0 saturated carbocycles. The number of halogens is 5. The molecule has 20 heavy (non-hydrogen) atoms. The van der Waals surface area contributed by atoms with Gasteiger partial charge in [0.25, 0.3) is 0 Å². The van der Waals surface area contributed by atoms with Crippen LogP contribution in [0.2, 0.25) is 10.0 Å². The van der Waals surface area contributed by atoms with E-state index in [1.165, 1.54) is 0 Å². The molecule has 0 aliphatic rings. The van der Waals surface area contributed by atoms with Crippen molar-refractivity contribution in [3.05, 3.63) is 62.0 Å². The van der Waals surface area contributed by atoms with Crippen LogP contribution in [0.5, 0.6) is 0 Å². The van der Waals surface area contributed by atoms with Crippen LogP contribution in [0.4, 0.5) is 14.5 Å². The molecule has 2 aromatic carbocycles. The van der Waals surface area contributed by atoms with Crippen LogP contribution < -0.4 is 5.32 Å². The second kappa shape index (κ2) is 6.29. The van der Waals surface area contributed by atoms with E-state index in [1.807, 2.05) is 0 Å². The highest BCUT2D eigenvalue weighted by molar-refractivity contribution is 9.10. The normalized spacial score (nSPS) is 12.3. The van der Waals surface area contributed by atoms with Crippen LogP contribution in [0.25, 0.3) is 0 Å². The van der Waals surface area contributed by atoms with E-state index >= 15 is 0 Å². The Bertz CT molecular complexity index is 649. The minimum Gasteiger partial charge on any atom is -0.377 e. The molecular weight excluding hydrogens is 371 g/mol. The third-order valence-corrected chi connectivity index (χ3v) is 4.60. The van der Waals surface area contributed by atoms with Gasteiger partial charge < -0.3 is 5.32 Å². The standard InChI is InChI=1S/C14H10BrCl2F2N/c1-7(9-6-8(18)2-4-11(9)19)20-12-5-3-10(15)13(16)14(12)17/h2-7,20H,1H3. The van der Waals surface area contributed by atoms with Crippen LogP contribution in [-0.4, -0.2) is 0 Å². The van der Waals surface area contributed by atoms with E-state index in [2.05, 4.69) is 21.2 Å². The van der Waals surface area contributed by atoms with Gasteiger partial charge in [0, 0.05) is 10.0 Å². The Hall–Kier alpha value is -0.840. The maximum atomic E-state index is 13.7. The van der Waals surface area contributed by atoms with Crippen LogP contribution in [0.15, 0.2) is 34.8 Å². The lowest BCUT2D eigenvalue weighted by Crippen LogP contribution is -2.09. The van der Waals surface area contributed by atoms with Gasteiger partial charge in [-0.2, -0.15) is 0 Å². The van der Waals surface area contributed by atoms with Crippen molar-refractivity contribution in [2.24, 2.45) is 0 Å². The van der Waals surface area contributed by atoms with Crippen molar-refractivity contribution in [3.8, 4) is 0 Å². The molecule has 0 fully saturated rings. The highest BCUT2D eigenvalue weighted by Gasteiger charge is 2.15. The van der Waals surface area contributed by atoms with Crippen molar-refractivity contribution in [2.45, 2.75) is 13.0 Å². The fourth-order valence-corrected chi connectivity index (χ4v) is 2.62. The third kappa shape index (κ3) is 3.25. The number of hydrogen-bond acceptors (Lipinski definition) is 1. The molecular formula is C14H10BrCl2F2N. The Morgan fingerprint density at radius 1 is 1.10 bits per heavy atom. The van der Waals surface area contributed by atoms with E-state index < -0.39 is 17.7 Å². The summed E-state index contributed by atoms with van der Waals surface area (Å²) < 4.78 is 27.6. The molecule has 0 saturated heterocycles. The smallest absolute Gasteiger partial charge is 0.128 e. The lowest BCUT2D eigenvalue weighted by Gasteiger charge is -2.18. The van der Waals surface area contributed by atoms with Gasteiger partial charge >= 0.3 is 0 Å². The predicted molar refractivity (Wildman–Crippen MR) is 82.6 cm³/mol. The molecule has 0 amide bonds. The van der Waals surface area contributed by atoms with Crippen molar-refractivity contribution in [1.82, 2.24) is 0 Å². The van der Waals surface area contributed by atoms with Gasteiger partial charge in [-0.15, -0.1) is 0 Å². The molecule has 1 nitrogen and oxygen atoms in total. The highest BCUT2D eigenvalue weighted by atomic mass is 79.9. The molecule has 1 N–H and O–H groups in total. The Balaban J connectivity index is 2.30. The fraction of sp³-hybridized carbons (Fsp3) is 0.143. The molecule has 0 aromatic heterocycles. The van der Waals surface area contributed by atoms with Crippen molar-refractivity contribution in [2.75, 3.05) is 5.32 Å². The average Bonchev–Trinajstić information content (AvgIpc) is 2.42. The van der Waals surface area contributed by atoms with E-state index in [0.29, 0.717) is 20.2 Å². The Labute approximate surface area is 134 Å². The zero-order valence-corrected chi connectivity index (χ0v) is 13.5. The van der Waals surface area contributed by atoms with Gasteiger partial charge in [-0.05, 0) is 53.2 Å². The minimum absolute atomic E-state index is 0.222. The molecule has 2 rings (SSSR count). The summed E-state index contributed by atoms with van der Waals surface area (Å²) in [6, 6.07) is 6.31. The molecule has 0 aliphatic heterocycles. The number of benzene rings is 2. The number of anilines is 1. The predicted octanol–water partition coefficient (Wildman–Crippen LogP) is 6.21. The molecule has 0 bridgehead atoms. The average molecular weight is 381 g/mol. The SMILES string of the molecule is CC(Nc1ccc(Br)c(Cl)c1Cl)c1cc(F)ccc1F. The molecule has 2 aromatic rings. The number of nitrogens with one attached hydrogen (secondary N) is 1. The molecule has 0 heterocycles. The quantitative estimate of drug-likeness (QED) is 0.624. The largest absolute Gasteiger partial charge is 0.377 e. The van der Waals surface area contributed by atoms with Gasteiger partial charge in [-0.1, -0.05) is 23.2 Å². The molecule has 6 heteroatoms. The maximum Gasteiger partial charge on any atom is 0.128 e. The summed E-state index contributed by atoms with van der Waals surface area (Å²) >= 11 is 15.4. The van der Waals surface area contributed by atoms with E-state index in [1.54, 1.807) is 19.1 Å². The van der Waals surface area contributed by atoms with Crippen molar-refractivity contribution in [3.63, 3.8) is 0 Å². The molecule has 0 aliphatic carbocycles. The summed E-state index contributed by atoms with van der Waals surface area (Å²) in [7, 11) is 0. The first-order valence-corrected chi connectivity index (χ1v) is 7.30. The van der Waals surface area contributed by atoms with Gasteiger partial charge in [0.05, 0.1) is 21.8 Å². The van der Waals surface area contributed by atoms with Gasteiger partial charge in [-0.25, -0.2) is 8.78 Å². The van der Waals surface area contributed by atoms with Crippen molar-refractivity contribution >= 4 is 44.8 Å². The summed E-state index contributed by atoms with van der Waals surface area (Å²) in [6.07, 6.45) is 0. The molecule has 0 spiro atoms. The van der Waals surface area contributed by atoms with E-state index in [0.717, 1.165) is 18.2 Å². The monoisotopic (exact) mass is 379 g/mol. The zero-order valence-electron chi connectivity index (χ0n) is 10.4. The van der Waals surface area contributed by atoms with Crippen LogP contribution in [-0.2, 0) is 0 Å². The Morgan fingerprint density at radius 2 is 1.80 bits per heavy atom. The van der Waals surface area contributed by atoms with Crippen LogP contribution >= 0.6 is 39.1 Å². The maximum absolute atomic E-state index is 13.7. The topological polar surface area (TPSA) is 12.0 Å². The van der Waals surface area contributed by atoms with E-state index in [9.17, 15) is 8.78 Å². The fourth-order valence-electron chi connectivity index (χ4n) is 1.79. The summed E-state index contributed by atoms with van der Waals surface area (Å²) in [5, 5.41) is 3.71. The van der Waals surface area contributed by atoms with Crippen LogP contribution in [0.1, 0.15) is 18.5 Å². The summed E-state index contributed by atoms with van der Waals surface area (Å²) in [5.41, 5.74) is 0.774. The van der Waals surface area contributed by atoms with Crippen LogP contribution in [0.3, 0.4) is 0 Å². The lowest BCUT2D eigenvalue weighted by molar-refractivity contribution is 0.577. The first-order valence-electron chi connectivity index (χ1n) is 5.75. The zero-order chi connectivity index (χ0) is 14.9. The first kappa shape index (κ1) is 15.5. The summed E-state index contributed by atoms with van der Waals surface area (Å²) in [6.45, 7) is 1.71. The lowest BCUT2D eigenvalue weighted by atomic mass is 10.1. The summed E-state index contributed by atoms with van der Waals surface area (Å²) in [4.78, 5) is 0. The Morgan fingerprint density at radius 3 is 2.50 bits per heavy atom. The van der Waals surface area contributed by atoms with Gasteiger partial charge in [0.2, 0.25) is 0 Å². The molecule has 1 unspecified atom stereocenters. The minimum atomic E-state index is -0.491. The van der Waals surface area contributed by atoms with Crippen LogP contribution in [0, 0.1) is 11.6 Å². The second-order valence-electron chi connectivity index (χ2n) is 4.25. The Kier molecular flexibility index (Phi) is 4.89. The molecule has 0 radical (unpaired) electrons. The first-order chi connectivity index (χ1) is 9.40. The summed E-state index contributed by atoms with van der Waals surface area (Å²) in [5.74, 6) is -0.972. The van der Waals surface area contributed by atoms with E-state index in [-0.39, 0.29) is 5.56 Å². The van der Waals surface area contributed by atoms with Gasteiger partial charge in [0.1, 0.15) is 11.6 Å². The van der Waals surface area contributed by atoms with Crippen molar-refractivity contribution < 1.29 is 8.78 Å². The molecule has 1 atom stereocenters. The third-order valence-electron chi connectivity index (χ3n) is 2.83. The highest BCUT2D eigenvalue weighted by Crippen LogP contribution is 2.37. The van der Waals surface area contributed by atoms with Gasteiger partial charge in [-0.3, -0.25) is 0 Å². The number of rotatable bonds is 3. The number of hydrogen-bond donors (Lipinski definition) is 1. The van der Waals surface area contributed by atoms with Crippen molar-refractivity contribution in [1.29, 1.82) is 0 Å². The van der Waals surface area contributed by atoms with Gasteiger partial charge in [0.15, 0.2) is 0 Å². The second-order valence-corrected chi connectivity index (χ2v) is 5.87. The molecule has 106 valence electrons.